The van der Waals surface area contributed by atoms with Crippen LogP contribution in [0.15, 0.2) is 18.2 Å². The molecule has 0 spiro atoms. The number of para-hydroxylation sites is 1. The Labute approximate surface area is 105 Å². The van der Waals surface area contributed by atoms with E-state index in [-0.39, 0.29) is 23.2 Å². The summed E-state index contributed by atoms with van der Waals surface area (Å²) in [6.07, 6.45) is 3.16. The molecule has 1 aliphatic rings. The van der Waals surface area contributed by atoms with Gasteiger partial charge in [0.25, 0.3) is 5.91 Å². The highest BCUT2D eigenvalue weighted by Gasteiger charge is 2.17. The molecule has 1 fully saturated rings. The molecule has 0 aromatic heterocycles. The van der Waals surface area contributed by atoms with E-state index in [4.69, 9.17) is 4.74 Å². The van der Waals surface area contributed by atoms with E-state index in [1.165, 1.54) is 18.2 Å². The van der Waals surface area contributed by atoms with E-state index in [9.17, 15) is 15.0 Å². The van der Waals surface area contributed by atoms with Crippen molar-refractivity contribution in [1.29, 1.82) is 0 Å². The SMILES string of the molecule is O=C(NCC1CCCCO1)c1cccc(O)c1O. The Hall–Kier alpha value is -1.75. The number of carbonyl (C=O) groups excluding carboxylic acids is 1. The lowest BCUT2D eigenvalue weighted by atomic mass is 10.1. The summed E-state index contributed by atoms with van der Waals surface area (Å²) >= 11 is 0. The highest BCUT2D eigenvalue weighted by molar-refractivity contribution is 5.97. The second-order valence-corrected chi connectivity index (χ2v) is 4.37. The molecule has 1 aromatic rings. The molecular formula is C13H17NO4. The van der Waals surface area contributed by atoms with Crippen molar-refractivity contribution in [3.8, 4) is 11.5 Å². The van der Waals surface area contributed by atoms with Crippen LogP contribution in [-0.2, 0) is 4.74 Å². The first kappa shape index (κ1) is 12.7. The Morgan fingerprint density at radius 1 is 1.39 bits per heavy atom. The number of phenols is 2. The summed E-state index contributed by atoms with van der Waals surface area (Å²) in [5.41, 5.74) is 0.0748. The zero-order valence-corrected chi connectivity index (χ0v) is 10.1. The van der Waals surface area contributed by atoms with Gasteiger partial charge in [-0.25, -0.2) is 0 Å². The van der Waals surface area contributed by atoms with E-state index < -0.39 is 5.91 Å². The average molecular weight is 251 g/mol. The molecule has 0 saturated carbocycles. The van der Waals surface area contributed by atoms with Crippen molar-refractivity contribution in [3.63, 3.8) is 0 Å². The van der Waals surface area contributed by atoms with Gasteiger partial charge in [-0.3, -0.25) is 4.79 Å². The third-order valence-corrected chi connectivity index (χ3v) is 3.02. The van der Waals surface area contributed by atoms with Crippen molar-refractivity contribution in [2.75, 3.05) is 13.2 Å². The summed E-state index contributed by atoms with van der Waals surface area (Å²) < 4.78 is 5.49. The fourth-order valence-corrected chi connectivity index (χ4v) is 1.98. The minimum absolute atomic E-state index is 0.0437. The molecule has 1 aliphatic heterocycles. The largest absolute Gasteiger partial charge is 0.504 e. The predicted octanol–water partition coefficient (Wildman–Crippen LogP) is 1.40. The molecule has 0 radical (unpaired) electrons. The molecule has 0 aliphatic carbocycles. The van der Waals surface area contributed by atoms with Crippen LogP contribution in [0.25, 0.3) is 0 Å². The summed E-state index contributed by atoms with van der Waals surface area (Å²) in [7, 11) is 0. The normalized spacial score (nSPS) is 19.4. The Morgan fingerprint density at radius 3 is 2.94 bits per heavy atom. The second kappa shape index (κ2) is 5.73. The van der Waals surface area contributed by atoms with Crippen LogP contribution in [0.3, 0.4) is 0 Å². The van der Waals surface area contributed by atoms with Gasteiger partial charge in [0.2, 0.25) is 0 Å². The van der Waals surface area contributed by atoms with Gasteiger partial charge in [-0.1, -0.05) is 6.07 Å². The standard InChI is InChI=1S/C13H17NO4/c15-11-6-3-5-10(12(11)16)13(17)14-8-9-4-1-2-7-18-9/h3,5-6,9,15-16H,1-2,4,7-8H2,(H,14,17). The zero-order chi connectivity index (χ0) is 13.0. The van der Waals surface area contributed by atoms with Crippen LogP contribution < -0.4 is 5.32 Å². The van der Waals surface area contributed by atoms with E-state index in [1.54, 1.807) is 0 Å². The van der Waals surface area contributed by atoms with Crippen LogP contribution >= 0.6 is 0 Å². The maximum absolute atomic E-state index is 11.8. The third-order valence-electron chi connectivity index (χ3n) is 3.02. The number of amides is 1. The number of nitrogens with one attached hydrogen (secondary N) is 1. The smallest absolute Gasteiger partial charge is 0.255 e. The Balaban J connectivity index is 1.93. The van der Waals surface area contributed by atoms with Crippen molar-refractivity contribution in [3.05, 3.63) is 23.8 Å². The maximum atomic E-state index is 11.8. The molecule has 2 rings (SSSR count). The molecule has 98 valence electrons. The lowest BCUT2D eigenvalue weighted by Gasteiger charge is -2.22. The number of hydrogen-bond donors (Lipinski definition) is 3. The minimum atomic E-state index is -0.405. The van der Waals surface area contributed by atoms with E-state index in [1.807, 2.05) is 0 Å². The van der Waals surface area contributed by atoms with Gasteiger partial charge in [0, 0.05) is 13.2 Å². The van der Waals surface area contributed by atoms with Gasteiger partial charge in [-0.2, -0.15) is 0 Å². The number of hydrogen-bond acceptors (Lipinski definition) is 4. The predicted molar refractivity (Wildman–Crippen MR) is 65.7 cm³/mol. The Kier molecular flexibility index (Phi) is 4.04. The Bertz CT molecular complexity index is 427. The topological polar surface area (TPSA) is 78.8 Å². The highest BCUT2D eigenvalue weighted by Crippen LogP contribution is 2.27. The van der Waals surface area contributed by atoms with Crippen molar-refractivity contribution >= 4 is 5.91 Å². The van der Waals surface area contributed by atoms with Crippen LogP contribution in [-0.4, -0.2) is 35.4 Å². The minimum Gasteiger partial charge on any atom is -0.504 e. The van der Waals surface area contributed by atoms with E-state index in [0.29, 0.717) is 6.54 Å². The van der Waals surface area contributed by atoms with Crippen molar-refractivity contribution in [1.82, 2.24) is 5.32 Å². The number of benzene rings is 1. The second-order valence-electron chi connectivity index (χ2n) is 4.37. The molecule has 5 nitrogen and oxygen atoms in total. The molecule has 3 N–H and O–H groups in total. The van der Waals surface area contributed by atoms with Gasteiger partial charge in [-0.15, -0.1) is 0 Å². The molecular weight excluding hydrogens is 234 g/mol. The van der Waals surface area contributed by atoms with Gasteiger partial charge >= 0.3 is 0 Å². The molecule has 0 bridgehead atoms. The van der Waals surface area contributed by atoms with Crippen LogP contribution in [0, 0.1) is 0 Å². The summed E-state index contributed by atoms with van der Waals surface area (Å²) in [5, 5.41) is 21.6. The average Bonchev–Trinajstić information content (AvgIpc) is 2.40. The summed E-state index contributed by atoms with van der Waals surface area (Å²) in [6.45, 7) is 1.16. The van der Waals surface area contributed by atoms with Crippen LogP contribution in [0.1, 0.15) is 29.6 Å². The number of carbonyl (C=O) groups is 1. The fraction of sp³-hybridized carbons (Fsp3) is 0.462. The zero-order valence-electron chi connectivity index (χ0n) is 10.1. The lowest BCUT2D eigenvalue weighted by molar-refractivity contribution is 0.0168. The molecule has 5 heteroatoms. The molecule has 1 atom stereocenters. The Morgan fingerprint density at radius 2 is 2.22 bits per heavy atom. The van der Waals surface area contributed by atoms with Gasteiger partial charge in [-0.05, 0) is 31.4 Å². The summed E-state index contributed by atoms with van der Waals surface area (Å²) in [6, 6.07) is 4.31. The van der Waals surface area contributed by atoms with E-state index in [0.717, 1.165) is 25.9 Å². The number of rotatable bonds is 3. The van der Waals surface area contributed by atoms with Crippen molar-refractivity contribution in [2.45, 2.75) is 25.4 Å². The maximum Gasteiger partial charge on any atom is 0.255 e. The first-order valence-corrected chi connectivity index (χ1v) is 6.09. The van der Waals surface area contributed by atoms with Crippen molar-refractivity contribution in [2.24, 2.45) is 0 Å². The summed E-state index contributed by atoms with van der Waals surface area (Å²) in [4.78, 5) is 11.8. The van der Waals surface area contributed by atoms with E-state index in [2.05, 4.69) is 5.32 Å². The molecule has 1 unspecified atom stereocenters. The third kappa shape index (κ3) is 2.92. The van der Waals surface area contributed by atoms with Crippen LogP contribution in [0.2, 0.25) is 0 Å². The molecule has 1 amide bonds. The summed E-state index contributed by atoms with van der Waals surface area (Å²) in [5.74, 6) is -1.09. The van der Waals surface area contributed by atoms with E-state index >= 15 is 0 Å². The number of aromatic hydroxyl groups is 2. The van der Waals surface area contributed by atoms with Gasteiger partial charge in [0.05, 0.1) is 11.7 Å². The highest BCUT2D eigenvalue weighted by atomic mass is 16.5. The lowest BCUT2D eigenvalue weighted by Crippen LogP contribution is -2.35. The number of phenolic OH excluding ortho intramolecular Hbond substituents is 2. The fourth-order valence-electron chi connectivity index (χ4n) is 1.98. The molecule has 1 heterocycles. The van der Waals surface area contributed by atoms with Crippen LogP contribution in [0.4, 0.5) is 0 Å². The quantitative estimate of drug-likeness (QED) is 0.709. The van der Waals surface area contributed by atoms with Gasteiger partial charge in [0.15, 0.2) is 11.5 Å². The monoisotopic (exact) mass is 251 g/mol. The first-order valence-electron chi connectivity index (χ1n) is 6.09. The first-order chi connectivity index (χ1) is 8.68. The molecule has 18 heavy (non-hydrogen) atoms. The van der Waals surface area contributed by atoms with Gasteiger partial charge < -0.3 is 20.3 Å². The van der Waals surface area contributed by atoms with Crippen LogP contribution in [0.5, 0.6) is 11.5 Å². The molecule has 1 aromatic carbocycles. The van der Waals surface area contributed by atoms with Gasteiger partial charge in [0.1, 0.15) is 0 Å². The van der Waals surface area contributed by atoms with Crippen molar-refractivity contribution < 1.29 is 19.7 Å². The number of ether oxygens (including phenoxy) is 1. The molecule has 1 saturated heterocycles.